The van der Waals surface area contributed by atoms with E-state index in [1.165, 1.54) is 276 Å². The molecule has 2 N–H and O–H groups in total. The number of carbonyl (C=O) groups excluding carboxylic acids is 1. The minimum Gasteiger partial charge on any atom is -0.756 e. The number of phosphoric ester groups is 1. The Bertz CT molecular complexity index is 1930. The predicted octanol–water partition coefficient (Wildman–Crippen LogP) is 26.3. The van der Waals surface area contributed by atoms with Crippen molar-refractivity contribution in [2.45, 2.75) is 392 Å². The van der Waals surface area contributed by atoms with Crippen LogP contribution in [-0.2, 0) is 18.4 Å². The average Bonchev–Trinajstić information content (AvgIpc) is 2.01. The number of carbonyl (C=O) groups is 1. The first-order valence-corrected chi connectivity index (χ1v) is 42.2. The highest BCUT2D eigenvalue weighted by Gasteiger charge is 2.23. The van der Waals surface area contributed by atoms with E-state index in [4.69, 9.17) is 9.05 Å². The lowest BCUT2D eigenvalue weighted by atomic mass is 10.0. The zero-order valence-electron chi connectivity index (χ0n) is 63.4. The van der Waals surface area contributed by atoms with Crippen LogP contribution in [0.4, 0.5) is 0 Å². The molecule has 0 aromatic carbocycles. The van der Waals surface area contributed by atoms with E-state index in [0.717, 1.165) is 83.5 Å². The fraction of sp³-hybridized carbons (Fsp3) is 0.779. The standard InChI is InChI=1S/C86H157N2O6P/c1-6-8-10-12-14-16-18-20-22-24-26-28-30-32-34-36-38-40-41-42-43-44-45-46-47-48-50-52-54-56-58-60-62-64-66-68-70-72-74-76-78-80-86(90)87-84(83-94-95(91,92)93-82-81-88(3,4)5)85(89)79-77-75-73-71-69-67-65-63-61-59-57-55-53-51-49-39-37-35-33-31-29-27-25-23-21-19-17-15-13-11-9-7-2/h8,10,14,16,20,22,26,28,32,34,38,40,61,63,69,71,77,79,84-85,89H,6-7,9,11-13,15,17-19,21,23-25,27,29-31,33,35-37,39,41-60,62,64-68,70,72-76,78,80-83H2,1-5H3,(H-,87,90,91,92)/b10-8-,16-14-,22-20-,28-26-,34-32-,40-38-,63-61+,71-69+,79-77+. The molecule has 3 atom stereocenters. The van der Waals surface area contributed by atoms with Gasteiger partial charge in [0.25, 0.3) is 7.82 Å². The lowest BCUT2D eigenvalue weighted by Crippen LogP contribution is -2.45. The van der Waals surface area contributed by atoms with Crippen molar-refractivity contribution in [3.8, 4) is 0 Å². The second kappa shape index (κ2) is 75.4. The van der Waals surface area contributed by atoms with Crippen molar-refractivity contribution in [3.63, 3.8) is 0 Å². The molecule has 0 aliphatic rings. The fourth-order valence-corrected chi connectivity index (χ4v) is 12.7. The monoisotopic (exact) mass is 1350 g/mol. The van der Waals surface area contributed by atoms with Crippen molar-refractivity contribution in [1.29, 1.82) is 0 Å². The lowest BCUT2D eigenvalue weighted by molar-refractivity contribution is -0.870. The smallest absolute Gasteiger partial charge is 0.268 e. The first-order valence-electron chi connectivity index (χ1n) is 40.7. The number of hydrogen-bond donors (Lipinski definition) is 2. The molecular weight excluding hydrogens is 1190 g/mol. The number of aliphatic hydroxyl groups excluding tert-OH is 1. The summed E-state index contributed by atoms with van der Waals surface area (Å²) in [5.41, 5.74) is 0. The van der Waals surface area contributed by atoms with Gasteiger partial charge in [-0.25, -0.2) is 0 Å². The SMILES string of the molecule is CC/C=C\C/C=C\C/C=C\C/C=C\C/C=C\C/C=C\CCCCCCCCCCCCCCCCCCCCCCCCC(=O)NC(COP(=O)([O-])OCC[N+](C)(C)C)C(O)/C=C/CC/C=C/CC/C=C/CCCCCCCCCCCCCCCCCCCCCCCC. The number of hydrogen-bond acceptors (Lipinski definition) is 6. The number of quaternary nitrogens is 1. The molecule has 0 spiro atoms. The molecule has 0 aliphatic heterocycles. The summed E-state index contributed by atoms with van der Waals surface area (Å²) in [5.74, 6) is -0.207. The Kier molecular flexibility index (Phi) is 73.1. The van der Waals surface area contributed by atoms with Crippen molar-refractivity contribution in [2.24, 2.45) is 0 Å². The molecule has 0 aromatic rings. The Morgan fingerprint density at radius 2 is 0.653 bits per heavy atom. The maximum absolute atomic E-state index is 13.1. The molecule has 552 valence electrons. The number of nitrogens with one attached hydrogen (secondary N) is 1. The molecule has 9 heteroatoms. The average molecular weight is 1350 g/mol. The fourth-order valence-electron chi connectivity index (χ4n) is 12.0. The van der Waals surface area contributed by atoms with Crippen LogP contribution >= 0.6 is 7.82 Å². The third-order valence-electron chi connectivity index (χ3n) is 18.2. The normalized spacial score (nSPS) is 14.1. The van der Waals surface area contributed by atoms with Gasteiger partial charge >= 0.3 is 0 Å². The maximum Gasteiger partial charge on any atom is 0.268 e. The Morgan fingerprint density at radius 1 is 0.379 bits per heavy atom. The number of amides is 1. The summed E-state index contributed by atoms with van der Waals surface area (Å²) in [4.78, 5) is 25.7. The van der Waals surface area contributed by atoms with E-state index >= 15 is 0 Å². The number of allylic oxidation sites excluding steroid dienone is 17. The molecular formula is C86H157N2O6P. The van der Waals surface area contributed by atoms with Crippen molar-refractivity contribution >= 4 is 13.7 Å². The van der Waals surface area contributed by atoms with Gasteiger partial charge in [-0.1, -0.05) is 386 Å². The van der Waals surface area contributed by atoms with Gasteiger partial charge < -0.3 is 28.8 Å². The third kappa shape index (κ3) is 78.4. The van der Waals surface area contributed by atoms with Gasteiger partial charge in [0.05, 0.1) is 39.9 Å². The Balaban J connectivity index is 4.00. The molecule has 0 saturated heterocycles. The van der Waals surface area contributed by atoms with Gasteiger partial charge in [-0.05, 0) is 96.3 Å². The van der Waals surface area contributed by atoms with Gasteiger partial charge in [0, 0.05) is 6.42 Å². The quantitative estimate of drug-likeness (QED) is 0.0272. The van der Waals surface area contributed by atoms with Crippen molar-refractivity contribution in [2.75, 3.05) is 40.9 Å². The van der Waals surface area contributed by atoms with Crippen LogP contribution in [0.2, 0.25) is 0 Å². The number of nitrogens with zero attached hydrogens (tertiary/aromatic N) is 1. The van der Waals surface area contributed by atoms with E-state index in [9.17, 15) is 19.4 Å². The zero-order chi connectivity index (χ0) is 69.0. The van der Waals surface area contributed by atoms with E-state index in [0.29, 0.717) is 17.4 Å². The van der Waals surface area contributed by atoms with E-state index in [2.05, 4.69) is 116 Å². The number of rotatable bonds is 75. The van der Waals surface area contributed by atoms with E-state index in [-0.39, 0.29) is 12.5 Å². The Labute approximate surface area is 591 Å². The van der Waals surface area contributed by atoms with Crippen LogP contribution in [-0.4, -0.2) is 68.5 Å². The van der Waals surface area contributed by atoms with Gasteiger partial charge in [0.2, 0.25) is 5.91 Å². The first kappa shape index (κ1) is 92.2. The molecule has 0 heterocycles. The largest absolute Gasteiger partial charge is 0.756 e. The highest BCUT2D eigenvalue weighted by Crippen LogP contribution is 2.38. The molecule has 0 bridgehead atoms. The van der Waals surface area contributed by atoms with Crippen LogP contribution in [0.5, 0.6) is 0 Å². The molecule has 3 unspecified atom stereocenters. The maximum atomic E-state index is 13.1. The van der Waals surface area contributed by atoms with Gasteiger partial charge in [-0.15, -0.1) is 0 Å². The van der Waals surface area contributed by atoms with Crippen LogP contribution in [0.25, 0.3) is 0 Å². The molecule has 0 radical (unpaired) electrons. The molecule has 0 saturated carbocycles. The minimum absolute atomic E-state index is 0.0106. The summed E-state index contributed by atoms with van der Waals surface area (Å²) in [6.07, 6.45) is 111. The van der Waals surface area contributed by atoms with E-state index < -0.39 is 26.6 Å². The first-order chi connectivity index (χ1) is 46.5. The summed E-state index contributed by atoms with van der Waals surface area (Å²) in [7, 11) is 1.24. The topological polar surface area (TPSA) is 108 Å². The molecule has 0 rings (SSSR count). The van der Waals surface area contributed by atoms with Crippen molar-refractivity contribution in [3.05, 3.63) is 109 Å². The lowest BCUT2D eigenvalue weighted by Gasteiger charge is -2.29. The number of phosphoric acid groups is 1. The number of aliphatic hydroxyl groups is 1. The van der Waals surface area contributed by atoms with Gasteiger partial charge in [-0.2, -0.15) is 0 Å². The summed E-state index contributed by atoms with van der Waals surface area (Å²) in [6.45, 7) is 4.55. The van der Waals surface area contributed by atoms with Crippen LogP contribution in [0.1, 0.15) is 380 Å². The van der Waals surface area contributed by atoms with Gasteiger partial charge in [0.1, 0.15) is 13.2 Å². The van der Waals surface area contributed by atoms with E-state index in [1.807, 2.05) is 27.2 Å². The van der Waals surface area contributed by atoms with Crippen LogP contribution in [0.15, 0.2) is 109 Å². The molecule has 0 fully saturated rings. The highest BCUT2D eigenvalue weighted by atomic mass is 31.2. The molecule has 8 nitrogen and oxygen atoms in total. The minimum atomic E-state index is -4.62. The van der Waals surface area contributed by atoms with Crippen molar-refractivity contribution < 1.29 is 32.9 Å². The van der Waals surface area contributed by atoms with E-state index in [1.54, 1.807) is 6.08 Å². The summed E-state index contributed by atoms with van der Waals surface area (Å²) < 4.78 is 23.5. The van der Waals surface area contributed by atoms with Crippen LogP contribution in [0, 0.1) is 0 Å². The predicted molar refractivity (Wildman–Crippen MR) is 417 cm³/mol. The Morgan fingerprint density at radius 3 is 0.979 bits per heavy atom. The molecule has 95 heavy (non-hydrogen) atoms. The summed E-state index contributed by atoms with van der Waals surface area (Å²) in [5, 5.41) is 14.0. The van der Waals surface area contributed by atoms with Gasteiger partial charge in [-0.3, -0.25) is 9.36 Å². The number of likely N-dealkylation sites (N-methyl/N-ethyl adjacent to an activating group) is 1. The summed E-state index contributed by atoms with van der Waals surface area (Å²) >= 11 is 0. The zero-order valence-corrected chi connectivity index (χ0v) is 64.3. The second-order valence-corrected chi connectivity index (χ2v) is 30.1. The molecule has 0 aromatic heterocycles. The Hall–Kier alpha value is -2.84. The molecule has 0 aliphatic carbocycles. The third-order valence-corrected chi connectivity index (χ3v) is 19.2. The summed E-state index contributed by atoms with van der Waals surface area (Å²) in [6, 6.07) is -0.916. The number of unbranched alkanes of at least 4 members (excludes halogenated alkanes) is 46. The van der Waals surface area contributed by atoms with Crippen LogP contribution in [0.3, 0.4) is 0 Å². The second-order valence-electron chi connectivity index (χ2n) is 28.7. The van der Waals surface area contributed by atoms with Crippen molar-refractivity contribution in [1.82, 2.24) is 5.32 Å². The van der Waals surface area contributed by atoms with Crippen LogP contribution < -0.4 is 10.2 Å². The molecule has 1 amide bonds. The highest BCUT2D eigenvalue weighted by molar-refractivity contribution is 7.45. The van der Waals surface area contributed by atoms with Gasteiger partial charge in [0.15, 0.2) is 0 Å².